The predicted molar refractivity (Wildman–Crippen MR) is 124 cm³/mol. The Balaban J connectivity index is 1.47. The Bertz CT molecular complexity index is 974. The molecular weight excluding hydrogens is 390 g/mol. The maximum atomic E-state index is 5.86. The van der Waals surface area contributed by atoms with Gasteiger partial charge in [-0.25, -0.2) is 4.68 Å². The second-order valence-electron chi connectivity index (χ2n) is 8.16. The number of aromatic nitrogens is 3. The fourth-order valence-corrected chi connectivity index (χ4v) is 4.43. The molecule has 1 saturated heterocycles. The minimum atomic E-state index is 0.709. The minimum absolute atomic E-state index is 0.709. The van der Waals surface area contributed by atoms with Gasteiger partial charge in [0.1, 0.15) is 0 Å². The van der Waals surface area contributed by atoms with Gasteiger partial charge >= 0.3 is 0 Å². The summed E-state index contributed by atoms with van der Waals surface area (Å²) in [4.78, 5) is 4.78. The highest BCUT2D eigenvalue weighted by molar-refractivity contribution is 7.71. The molecule has 1 aromatic heterocycles. The van der Waals surface area contributed by atoms with Crippen LogP contribution in [0.3, 0.4) is 0 Å². The van der Waals surface area contributed by atoms with Crippen LogP contribution in [0.1, 0.15) is 30.7 Å². The lowest BCUT2D eigenvalue weighted by molar-refractivity contribution is 0.247. The van der Waals surface area contributed by atoms with Gasteiger partial charge in [0, 0.05) is 5.69 Å². The third-order valence-corrected chi connectivity index (χ3v) is 6.10. The van der Waals surface area contributed by atoms with Crippen LogP contribution in [0.15, 0.2) is 60.7 Å². The molecule has 2 heterocycles. The molecule has 0 amide bonds. The molecule has 5 nitrogen and oxygen atoms in total. The van der Waals surface area contributed by atoms with Gasteiger partial charge in [-0.2, -0.15) is 5.10 Å². The highest BCUT2D eigenvalue weighted by Crippen LogP contribution is 2.17. The maximum absolute atomic E-state index is 5.86. The molecular formula is C24H31N5S. The van der Waals surface area contributed by atoms with Crippen molar-refractivity contribution in [1.82, 2.24) is 24.1 Å². The summed E-state index contributed by atoms with van der Waals surface area (Å²) in [5.74, 6) is 1.03. The molecule has 0 bridgehead atoms. The number of hydrogen-bond acceptors (Lipinski definition) is 4. The zero-order valence-corrected chi connectivity index (χ0v) is 18.6. The smallest absolute Gasteiger partial charge is 0.203 e. The van der Waals surface area contributed by atoms with Gasteiger partial charge in [0.15, 0.2) is 5.82 Å². The van der Waals surface area contributed by atoms with Crippen molar-refractivity contribution >= 4 is 12.2 Å². The summed E-state index contributed by atoms with van der Waals surface area (Å²) in [6.07, 6.45) is 4.76. The summed E-state index contributed by atoms with van der Waals surface area (Å²) in [5, 5.41) is 4.95. The van der Waals surface area contributed by atoms with Crippen molar-refractivity contribution in [2.75, 3.05) is 26.7 Å². The van der Waals surface area contributed by atoms with Crippen LogP contribution in [0.4, 0.5) is 0 Å². The van der Waals surface area contributed by atoms with Crippen LogP contribution in [0.2, 0.25) is 0 Å². The van der Waals surface area contributed by atoms with E-state index in [4.69, 9.17) is 17.3 Å². The molecule has 158 valence electrons. The average molecular weight is 422 g/mol. The molecule has 0 saturated carbocycles. The van der Waals surface area contributed by atoms with E-state index in [0.717, 1.165) is 55.3 Å². The van der Waals surface area contributed by atoms with Gasteiger partial charge in [-0.3, -0.25) is 14.4 Å². The maximum Gasteiger partial charge on any atom is 0.203 e. The van der Waals surface area contributed by atoms with E-state index >= 15 is 0 Å². The van der Waals surface area contributed by atoms with Crippen molar-refractivity contribution in [3.63, 3.8) is 0 Å². The number of likely N-dealkylation sites (tertiary alicyclic amines) is 1. The van der Waals surface area contributed by atoms with Gasteiger partial charge in [0.25, 0.3) is 0 Å². The third kappa shape index (κ3) is 5.25. The number of nitrogens with zero attached hydrogens (tertiary/aromatic N) is 5. The molecule has 0 aliphatic carbocycles. The molecule has 1 fully saturated rings. The van der Waals surface area contributed by atoms with E-state index in [1.165, 1.54) is 18.4 Å². The van der Waals surface area contributed by atoms with Crippen molar-refractivity contribution in [2.45, 2.75) is 38.9 Å². The van der Waals surface area contributed by atoms with E-state index < -0.39 is 0 Å². The Morgan fingerprint density at radius 2 is 1.63 bits per heavy atom. The van der Waals surface area contributed by atoms with Gasteiger partial charge in [-0.1, -0.05) is 48.5 Å². The van der Waals surface area contributed by atoms with Gasteiger partial charge in [-0.05, 0) is 82.3 Å². The first kappa shape index (κ1) is 21.0. The van der Waals surface area contributed by atoms with E-state index in [1.807, 2.05) is 10.7 Å². The number of rotatable bonds is 9. The van der Waals surface area contributed by atoms with Crippen LogP contribution in [-0.2, 0) is 19.6 Å². The van der Waals surface area contributed by atoms with Crippen molar-refractivity contribution < 1.29 is 0 Å². The average Bonchev–Trinajstić information content (AvgIpc) is 3.38. The molecule has 4 rings (SSSR count). The summed E-state index contributed by atoms with van der Waals surface area (Å²) in [5.41, 5.74) is 2.48. The Morgan fingerprint density at radius 1 is 0.967 bits per heavy atom. The lowest BCUT2D eigenvalue weighted by Gasteiger charge is -2.16. The van der Waals surface area contributed by atoms with Crippen LogP contribution in [0, 0.1) is 4.77 Å². The standard InChI is InChI=1S/C24H31N5S/c1-26(16-10-13-21-11-4-2-5-12-21)20-28-24(30)29(22-14-6-3-7-15-22)23(25-28)19-27-17-8-9-18-27/h2-7,11-12,14-15H,8-10,13,16-20H2,1H3. The fraction of sp³-hybridized carbons (Fsp3) is 0.417. The van der Waals surface area contributed by atoms with Crippen LogP contribution >= 0.6 is 12.2 Å². The number of para-hydroxylation sites is 1. The fourth-order valence-electron chi connectivity index (χ4n) is 4.12. The van der Waals surface area contributed by atoms with E-state index in [0.29, 0.717) is 6.67 Å². The minimum Gasteiger partial charge on any atom is -0.296 e. The van der Waals surface area contributed by atoms with Crippen molar-refractivity contribution in [1.29, 1.82) is 0 Å². The van der Waals surface area contributed by atoms with Crippen molar-refractivity contribution in [3.8, 4) is 5.69 Å². The normalized spacial score (nSPS) is 14.6. The third-order valence-electron chi connectivity index (χ3n) is 5.71. The van der Waals surface area contributed by atoms with E-state index in [2.05, 4.69) is 76.0 Å². The molecule has 0 N–H and O–H groups in total. The van der Waals surface area contributed by atoms with E-state index in [-0.39, 0.29) is 0 Å². The highest BCUT2D eigenvalue weighted by atomic mass is 32.1. The summed E-state index contributed by atoms with van der Waals surface area (Å²) >= 11 is 5.86. The molecule has 0 unspecified atom stereocenters. The quantitative estimate of drug-likeness (QED) is 0.475. The number of benzene rings is 2. The molecule has 0 spiro atoms. The summed E-state index contributed by atoms with van der Waals surface area (Å²) in [6, 6.07) is 21.1. The molecule has 0 radical (unpaired) electrons. The zero-order chi connectivity index (χ0) is 20.8. The van der Waals surface area contributed by atoms with E-state index in [9.17, 15) is 0 Å². The zero-order valence-electron chi connectivity index (χ0n) is 17.8. The first-order chi connectivity index (χ1) is 14.7. The predicted octanol–water partition coefficient (Wildman–Crippen LogP) is 4.52. The largest absolute Gasteiger partial charge is 0.296 e. The van der Waals surface area contributed by atoms with Crippen molar-refractivity contribution in [2.24, 2.45) is 0 Å². The highest BCUT2D eigenvalue weighted by Gasteiger charge is 2.19. The monoisotopic (exact) mass is 421 g/mol. The molecule has 1 aliphatic heterocycles. The van der Waals surface area contributed by atoms with Gasteiger partial charge in [0.2, 0.25) is 4.77 Å². The summed E-state index contributed by atoms with van der Waals surface area (Å²) in [7, 11) is 2.15. The summed E-state index contributed by atoms with van der Waals surface area (Å²) in [6.45, 7) is 4.86. The molecule has 3 aromatic rings. The van der Waals surface area contributed by atoms with Gasteiger partial charge in [0.05, 0.1) is 13.2 Å². The second kappa shape index (κ2) is 10.2. The Labute approximate surface area is 184 Å². The first-order valence-electron chi connectivity index (χ1n) is 10.9. The summed E-state index contributed by atoms with van der Waals surface area (Å²) < 4.78 is 4.90. The van der Waals surface area contributed by atoms with Crippen LogP contribution in [-0.4, -0.2) is 50.8 Å². The second-order valence-corrected chi connectivity index (χ2v) is 8.53. The van der Waals surface area contributed by atoms with Crippen LogP contribution in [0.25, 0.3) is 5.69 Å². The Kier molecular flexibility index (Phi) is 7.10. The SMILES string of the molecule is CN(CCCc1ccccc1)Cn1nc(CN2CCCC2)n(-c2ccccc2)c1=S. The lowest BCUT2D eigenvalue weighted by Crippen LogP contribution is -2.24. The number of hydrogen-bond donors (Lipinski definition) is 0. The molecule has 30 heavy (non-hydrogen) atoms. The Morgan fingerprint density at radius 3 is 2.33 bits per heavy atom. The number of aryl methyl sites for hydroxylation is 1. The topological polar surface area (TPSA) is 29.2 Å². The van der Waals surface area contributed by atoms with Crippen LogP contribution in [0.5, 0.6) is 0 Å². The molecule has 0 atom stereocenters. The first-order valence-corrected chi connectivity index (χ1v) is 11.3. The van der Waals surface area contributed by atoms with Crippen molar-refractivity contribution in [3.05, 3.63) is 76.8 Å². The molecule has 6 heteroatoms. The van der Waals surface area contributed by atoms with Crippen LogP contribution < -0.4 is 0 Å². The van der Waals surface area contributed by atoms with E-state index in [1.54, 1.807) is 0 Å². The van der Waals surface area contributed by atoms with Gasteiger partial charge in [-0.15, -0.1) is 0 Å². The molecule has 2 aromatic carbocycles. The lowest BCUT2D eigenvalue weighted by atomic mass is 10.1. The van der Waals surface area contributed by atoms with Gasteiger partial charge < -0.3 is 0 Å². The Hall–Kier alpha value is -2.28. The molecule has 1 aliphatic rings.